The lowest BCUT2D eigenvalue weighted by atomic mass is 10.0. The van der Waals surface area contributed by atoms with Gasteiger partial charge in [0.2, 0.25) is 0 Å². The molecule has 2 atom stereocenters. The summed E-state index contributed by atoms with van der Waals surface area (Å²) in [6.07, 6.45) is 1.81. The molecule has 6 heterocycles. The molecule has 3 N–H and O–H groups in total. The van der Waals surface area contributed by atoms with Crippen molar-refractivity contribution in [2.24, 2.45) is 17.6 Å². The number of thiophene rings is 1. The number of hydrogen-bond donors (Lipinski definition) is 2. The van der Waals surface area contributed by atoms with Crippen LogP contribution in [0.2, 0.25) is 0 Å². The van der Waals surface area contributed by atoms with E-state index in [1.165, 1.54) is 10.9 Å². The van der Waals surface area contributed by atoms with Crippen LogP contribution in [0.15, 0.2) is 30.5 Å². The van der Waals surface area contributed by atoms with Gasteiger partial charge in [-0.2, -0.15) is 0 Å². The molecule has 4 aromatic rings. The maximum absolute atomic E-state index is 15.2. The number of hydrogen-bond acceptors (Lipinski definition) is 7. The van der Waals surface area contributed by atoms with Crippen molar-refractivity contribution in [1.29, 1.82) is 0 Å². The number of ether oxygens (including phenoxy) is 1. The molecule has 7 rings (SSSR count). The summed E-state index contributed by atoms with van der Waals surface area (Å²) in [5.41, 5.74) is 7.62. The van der Waals surface area contributed by atoms with E-state index in [0.29, 0.717) is 36.4 Å². The van der Waals surface area contributed by atoms with Gasteiger partial charge in [-0.15, -0.1) is 11.3 Å². The molecule has 0 saturated carbocycles. The Morgan fingerprint density at radius 2 is 1.92 bits per heavy atom. The molecule has 3 fully saturated rings. The quantitative estimate of drug-likeness (QED) is 0.427. The normalized spacial score (nSPS) is 22.4. The summed E-state index contributed by atoms with van der Waals surface area (Å²) < 4.78 is 21.8. The number of H-pyrrole nitrogens is 1. The molecule has 0 radical (unpaired) electrons. The highest BCUT2D eigenvalue weighted by molar-refractivity contribution is 7.19. The van der Waals surface area contributed by atoms with Gasteiger partial charge in [-0.25, -0.2) is 19.2 Å². The Morgan fingerprint density at radius 3 is 2.68 bits per heavy atom. The van der Waals surface area contributed by atoms with Crippen molar-refractivity contribution in [3.05, 3.63) is 41.2 Å². The van der Waals surface area contributed by atoms with Crippen LogP contribution in [0.5, 0.6) is 0 Å². The minimum atomic E-state index is -0.330. The number of morpholine rings is 1. The lowest BCUT2D eigenvalue weighted by Crippen LogP contribution is -2.36. The van der Waals surface area contributed by atoms with Crippen LogP contribution < -0.4 is 10.6 Å². The lowest BCUT2D eigenvalue weighted by Gasteiger charge is -2.28. The third-order valence-electron chi connectivity index (χ3n) is 7.88. The SMILES string of the molecule is NC(=O)N1CC2CN(Cc3cc4nc(-c5c(F)ccc6[nH]ccc56)nc(N5CCOCC5)c4s3)CC2C1. The smallest absolute Gasteiger partial charge is 0.314 e. The standard InChI is InChI=1S/C26H28FN7O2S/c27-19-1-2-20-18(3-4-29-20)22(19)24-30-21-9-17(37-23(21)25(31-24)33-5-7-36-8-6-33)14-32-10-15-12-34(26(28)35)13-16(15)11-32/h1-4,9,15-16,29H,5-8,10-14H2,(H2,28,35). The molecule has 0 bridgehead atoms. The maximum Gasteiger partial charge on any atom is 0.314 e. The van der Waals surface area contributed by atoms with Crippen molar-refractivity contribution in [1.82, 2.24) is 24.8 Å². The van der Waals surface area contributed by atoms with Gasteiger partial charge in [0.1, 0.15) is 5.82 Å². The number of carbonyl (C=O) groups is 1. The Kier molecular flexibility index (Phi) is 5.52. The number of nitrogens with two attached hydrogens (primary N) is 1. The fourth-order valence-electron chi connectivity index (χ4n) is 6.10. The first-order valence-electron chi connectivity index (χ1n) is 12.7. The van der Waals surface area contributed by atoms with Gasteiger partial charge in [0.05, 0.1) is 29.0 Å². The van der Waals surface area contributed by atoms with Crippen LogP contribution in [0.3, 0.4) is 0 Å². The number of aromatic amines is 1. The number of rotatable bonds is 4. The summed E-state index contributed by atoms with van der Waals surface area (Å²) in [6.45, 7) is 6.98. The molecule has 0 spiro atoms. The number of primary amides is 1. The summed E-state index contributed by atoms with van der Waals surface area (Å²) >= 11 is 1.72. The zero-order chi connectivity index (χ0) is 25.1. The Bertz CT molecular complexity index is 1480. The summed E-state index contributed by atoms with van der Waals surface area (Å²) in [5.74, 6) is 1.87. The molecular formula is C26H28FN7O2S. The first-order chi connectivity index (χ1) is 18.0. The molecule has 3 aliphatic rings. The third kappa shape index (κ3) is 4.01. The van der Waals surface area contributed by atoms with Crippen LogP contribution >= 0.6 is 11.3 Å². The number of nitrogens with one attached hydrogen (secondary N) is 1. The predicted molar refractivity (Wildman–Crippen MR) is 141 cm³/mol. The van der Waals surface area contributed by atoms with Gasteiger partial charge in [0.15, 0.2) is 11.6 Å². The number of nitrogens with zero attached hydrogens (tertiary/aromatic N) is 5. The molecule has 0 aliphatic carbocycles. The van der Waals surface area contributed by atoms with E-state index in [2.05, 4.69) is 20.9 Å². The maximum atomic E-state index is 15.2. The highest BCUT2D eigenvalue weighted by Crippen LogP contribution is 2.38. The molecule has 1 aromatic carbocycles. The van der Waals surface area contributed by atoms with Gasteiger partial charge >= 0.3 is 6.03 Å². The zero-order valence-electron chi connectivity index (χ0n) is 20.3. The number of benzene rings is 1. The number of carbonyl (C=O) groups excluding carboxylic acids is 1. The molecule has 9 nitrogen and oxygen atoms in total. The van der Waals surface area contributed by atoms with Crippen LogP contribution in [-0.2, 0) is 11.3 Å². The average molecular weight is 522 g/mol. The second-order valence-corrected chi connectivity index (χ2v) is 11.4. The van der Waals surface area contributed by atoms with Crippen molar-refractivity contribution >= 4 is 44.3 Å². The molecule has 2 unspecified atom stereocenters. The number of anilines is 1. The second kappa shape index (κ2) is 8.93. The lowest BCUT2D eigenvalue weighted by molar-refractivity contribution is 0.122. The Hall–Kier alpha value is -3.28. The summed E-state index contributed by atoms with van der Waals surface area (Å²) in [6, 6.07) is 6.90. The van der Waals surface area contributed by atoms with Gasteiger partial charge in [0.25, 0.3) is 0 Å². The van der Waals surface area contributed by atoms with Gasteiger partial charge in [-0.3, -0.25) is 4.90 Å². The predicted octanol–water partition coefficient (Wildman–Crippen LogP) is 3.26. The van der Waals surface area contributed by atoms with E-state index in [-0.39, 0.29) is 11.8 Å². The van der Waals surface area contributed by atoms with E-state index in [1.807, 2.05) is 12.3 Å². The molecule has 37 heavy (non-hydrogen) atoms. The van der Waals surface area contributed by atoms with Crippen LogP contribution in [-0.4, -0.2) is 83.3 Å². The van der Waals surface area contributed by atoms with E-state index in [4.69, 9.17) is 20.4 Å². The molecule has 3 aromatic heterocycles. The van der Waals surface area contributed by atoms with Gasteiger partial charge in [0, 0.05) is 67.8 Å². The fraction of sp³-hybridized carbons (Fsp3) is 0.423. The number of fused-ring (bicyclic) bond motifs is 3. The van der Waals surface area contributed by atoms with Crippen LogP contribution in [0.25, 0.3) is 32.5 Å². The first kappa shape index (κ1) is 22.9. The summed E-state index contributed by atoms with van der Waals surface area (Å²) in [4.78, 5) is 32.2. The minimum absolute atomic E-state index is 0.317. The third-order valence-corrected chi connectivity index (χ3v) is 8.98. The number of aromatic nitrogens is 3. The van der Waals surface area contributed by atoms with Crippen molar-refractivity contribution < 1.29 is 13.9 Å². The van der Waals surface area contributed by atoms with Crippen LogP contribution in [0.4, 0.5) is 15.0 Å². The molecule has 2 amide bonds. The summed E-state index contributed by atoms with van der Waals surface area (Å²) in [5, 5.41) is 0.774. The van der Waals surface area contributed by atoms with Crippen molar-refractivity contribution in [3.63, 3.8) is 0 Å². The van der Waals surface area contributed by atoms with E-state index in [9.17, 15) is 4.79 Å². The number of likely N-dealkylation sites (tertiary alicyclic amines) is 2. The Morgan fingerprint density at radius 1 is 1.14 bits per heavy atom. The number of halogens is 1. The zero-order valence-corrected chi connectivity index (χ0v) is 21.1. The van der Waals surface area contributed by atoms with Crippen molar-refractivity contribution in [2.45, 2.75) is 6.54 Å². The van der Waals surface area contributed by atoms with Crippen LogP contribution in [0, 0.1) is 17.7 Å². The van der Waals surface area contributed by atoms with E-state index in [0.717, 1.165) is 72.8 Å². The Balaban J connectivity index is 1.24. The Labute approximate surface area is 217 Å². The first-order valence-corrected chi connectivity index (χ1v) is 13.5. The molecule has 192 valence electrons. The fourth-order valence-corrected chi connectivity index (χ4v) is 7.25. The van der Waals surface area contributed by atoms with E-state index in [1.54, 1.807) is 22.3 Å². The molecular weight excluding hydrogens is 493 g/mol. The van der Waals surface area contributed by atoms with Gasteiger partial charge in [-0.1, -0.05) is 0 Å². The topological polar surface area (TPSA) is 104 Å². The number of urea groups is 1. The number of amides is 2. The molecule has 3 saturated heterocycles. The molecule has 11 heteroatoms. The van der Waals surface area contributed by atoms with E-state index >= 15 is 4.39 Å². The van der Waals surface area contributed by atoms with E-state index < -0.39 is 0 Å². The van der Waals surface area contributed by atoms with Crippen molar-refractivity contribution in [3.8, 4) is 11.4 Å². The average Bonchev–Trinajstić information content (AvgIpc) is 3.66. The van der Waals surface area contributed by atoms with Gasteiger partial charge in [-0.05, 0) is 36.1 Å². The van der Waals surface area contributed by atoms with Crippen molar-refractivity contribution in [2.75, 3.05) is 57.4 Å². The molecule has 3 aliphatic heterocycles. The highest BCUT2D eigenvalue weighted by atomic mass is 32.1. The minimum Gasteiger partial charge on any atom is -0.378 e. The van der Waals surface area contributed by atoms with Crippen LogP contribution in [0.1, 0.15) is 4.88 Å². The van der Waals surface area contributed by atoms with Gasteiger partial charge < -0.3 is 25.3 Å². The largest absolute Gasteiger partial charge is 0.378 e. The highest BCUT2D eigenvalue weighted by Gasteiger charge is 2.41. The summed E-state index contributed by atoms with van der Waals surface area (Å²) in [7, 11) is 0. The second-order valence-electron chi connectivity index (χ2n) is 10.2. The monoisotopic (exact) mass is 521 g/mol.